The average Bonchev–Trinajstić information content (AvgIpc) is 2.93. The van der Waals surface area contributed by atoms with Crippen LogP contribution in [0.25, 0.3) is 44.5 Å². The van der Waals surface area contributed by atoms with Gasteiger partial charge < -0.3 is 4.90 Å². The van der Waals surface area contributed by atoms with Crippen molar-refractivity contribution in [1.29, 1.82) is 0 Å². The summed E-state index contributed by atoms with van der Waals surface area (Å²) in [6, 6.07) is 19.7. The lowest BCUT2D eigenvalue weighted by Gasteiger charge is -2.12. The standard InChI is InChI=1S/C31H26ClFN4O/c1-37(2)13-5-9-30(38)21-7-3-6-20(14-21)22-15-23(19-34-18-22)26-17-29(27-16-24(32)10-11-28(27)33)36-31-25(26)8-4-12-35-31/h3-4,6-8,10-12,14-19H,5,9,13H2,1-2H3. The Bertz CT molecular complexity index is 1640. The molecule has 0 aliphatic carbocycles. The minimum atomic E-state index is -0.415. The average molecular weight is 525 g/mol. The summed E-state index contributed by atoms with van der Waals surface area (Å²) in [4.78, 5) is 28.4. The van der Waals surface area contributed by atoms with Gasteiger partial charge in [0, 0.05) is 57.7 Å². The number of nitrogens with zero attached hydrogens (tertiary/aromatic N) is 4. The second-order valence-corrected chi connectivity index (χ2v) is 9.86. The van der Waals surface area contributed by atoms with Crippen molar-refractivity contribution >= 4 is 28.4 Å². The molecule has 7 heteroatoms. The summed E-state index contributed by atoms with van der Waals surface area (Å²) in [5, 5.41) is 1.24. The van der Waals surface area contributed by atoms with Crippen molar-refractivity contribution in [3.63, 3.8) is 0 Å². The van der Waals surface area contributed by atoms with Crippen molar-refractivity contribution in [3.8, 4) is 33.5 Å². The molecule has 0 fully saturated rings. The number of hydrogen-bond acceptors (Lipinski definition) is 5. The van der Waals surface area contributed by atoms with E-state index in [1.807, 2.05) is 62.6 Å². The molecule has 0 bridgehead atoms. The topological polar surface area (TPSA) is 59.0 Å². The van der Waals surface area contributed by atoms with Crippen LogP contribution in [0.5, 0.6) is 0 Å². The molecule has 0 N–H and O–H groups in total. The maximum absolute atomic E-state index is 14.7. The van der Waals surface area contributed by atoms with Crippen molar-refractivity contribution in [3.05, 3.63) is 102 Å². The number of carbonyl (C=O) groups excluding carboxylic acids is 1. The Kier molecular flexibility index (Phi) is 7.54. The lowest BCUT2D eigenvalue weighted by molar-refractivity contribution is 0.0977. The quantitative estimate of drug-likeness (QED) is 0.199. The van der Waals surface area contributed by atoms with Crippen LogP contribution in [0.2, 0.25) is 5.02 Å². The summed E-state index contributed by atoms with van der Waals surface area (Å²) in [6.45, 7) is 0.868. The summed E-state index contributed by atoms with van der Waals surface area (Å²) in [6.07, 6.45) is 6.51. The van der Waals surface area contributed by atoms with Crippen molar-refractivity contribution in [2.75, 3.05) is 20.6 Å². The Morgan fingerprint density at radius 1 is 0.921 bits per heavy atom. The van der Waals surface area contributed by atoms with Crippen LogP contribution in [0.15, 0.2) is 85.3 Å². The Labute approximate surface area is 226 Å². The molecule has 0 amide bonds. The fourth-order valence-electron chi connectivity index (χ4n) is 4.45. The third kappa shape index (κ3) is 5.62. The van der Waals surface area contributed by atoms with Crippen LogP contribution in [0.4, 0.5) is 4.39 Å². The van der Waals surface area contributed by atoms with Gasteiger partial charge in [-0.25, -0.2) is 14.4 Å². The van der Waals surface area contributed by atoms with Gasteiger partial charge in [-0.2, -0.15) is 0 Å². The minimum absolute atomic E-state index is 0.122. The van der Waals surface area contributed by atoms with E-state index in [2.05, 4.69) is 19.9 Å². The van der Waals surface area contributed by atoms with Crippen LogP contribution in [0.1, 0.15) is 23.2 Å². The van der Waals surface area contributed by atoms with E-state index in [9.17, 15) is 9.18 Å². The molecule has 0 atom stereocenters. The van der Waals surface area contributed by atoms with Gasteiger partial charge in [0.15, 0.2) is 11.4 Å². The first-order valence-electron chi connectivity index (χ1n) is 12.3. The van der Waals surface area contributed by atoms with Crippen LogP contribution in [-0.4, -0.2) is 46.3 Å². The highest BCUT2D eigenvalue weighted by atomic mass is 35.5. The fraction of sp³-hybridized carbons (Fsp3) is 0.161. The van der Waals surface area contributed by atoms with Crippen molar-refractivity contribution in [1.82, 2.24) is 19.9 Å². The first kappa shape index (κ1) is 25.6. The number of pyridine rings is 3. The lowest BCUT2D eigenvalue weighted by atomic mass is 9.96. The van der Waals surface area contributed by atoms with Crippen LogP contribution >= 0.6 is 11.6 Å². The Balaban J connectivity index is 1.55. The number of hydrogen-bond donors (Lipinski definition) is 0. The molecule has 0 saturated heterocycles. The lowest BCUT2D eigenvalue weighted by Crippen LogP contribution is -2.14. The van der Waals surface area contributed by atoms with E-state index in [1.54, 1.807) is 24.7 Å². The molecule has 3 heterocycles. The maximum atomic E-state index is 14.7. The summed E-state index contributed by atoms with van der Waals surface area (Å²) in [5.41, 5.74) is 5.33. The van der Waals surface area contributed by atoms with Crippen LogP contribution < -0.4 is 0 Å². The van der Waals surface area contributed by atoms with E-state index in [0.717, 1.165) is 40.6 Å². The normalized spacial score (nSPS) is 11.3. The second kappa shape index (κ2) is 11.2. The van der Waals surface area contributed by atoms with Gasteiger partial charge in [-0.1, -0.05) is 29.8 Å². The first-order chi connectivity index (χ1) is 18.4. The molecule has 0 saturated carbocycles. The summed E-state index contributed by atoms with van der Waals surface area (Å²) in [7, 11) is 4.00. The van der Waals surface area contributed by atoms with Gasteiger partial charge in [0.2, 0.25) is 0 Å². The van der Waals surface area contributed by atoms with E-state index in [-0.39, 0.29) is 5.78 Å². The molecule has 5 nitrogen and oxygen atoms in total. The van der Waals surface area contributed by atoms with Gasteiger partial charge in [-0.05, 0) is 86.7 Å². The van der Waals surface area contributed by atoms with Crippen LogP contribution in [-0.2, 0) is 0 Å². The number of rotatable bonds is 8. The maximum Gasteiger partial charge on any atom is 0.162 e. The molecular formula is C31H26ClFN4O. The molecule has 38 heavy (non-hydrogen) atoms. The fourth-order valence-corrected chi connectivity index (χ4v) is 4.62. The highest BCUT2D eigenvalue weighted by Crippen LogP contribution is 2.34. The van der Waals surface area contributed by atoms with E-state index < -0.39 is 5.82 Å². The SMILES string of the molecule is CN(C)CCCC(=O)c1cccc(-c2cncc(-c3cc(-c4cc(Cl)ccc4F)nc4ncccc34)c2)c1. The second-order valence-electron chi connectivity index (χ2n) is 9.43. The van der Waals surface area contributed by atoms with Gasteiger partial charge in [-0.3, -0.25) is 9.78 Å². The van der Waals surface area contributed by atoms with Gasteiger partial charge in [-0.15, -0.1) is 0 Å². The van der Waals surface area contributed by atoms with E-state index >= 15 is 0 Å². The molecule has 5 aromatic rings. The Morgan fingerprint density at radius 3 is 2.61 bits per heavy atom. The summed E-state index contributed by atoms with van der Waals surface area (Å²) < 4.78 is 14.7. The number of Topliss-reactive ketones (excluding diaryl/α,β-unsaturated/α-hetero) is 1. The number of carbonyl (C=O) groups is 1. The Morgan fingerprint density at radius 2 is 1.76 bits per heavy atom. The van der Waals surface area contributed by atoms with Crippen molar-refractivity contribution in [2.45, 2.75) is 12.8 Å². The monoisotopic (exact) mass is 524 g/mol. The largest absolute Gasteiger partial charge is 0.309 e. The predicted octanol–water partition coefficient (Wildman–Crippen LogP) is 7.34. The van der Waals surface area contributed by atoms with Gasteiger partial charge in [0.05, 0.1) is 5.69 Å². The summed E-state index contributed by atoms with van der Waals surface area (Å²) >= 11 is 6.16. The predicted molar refractivity (Wildman–Crippen MR) is 151 cm³/mol. The molecule has 3 aromatic heterocycles. The van der Waals surface area contributed by atoms with Crippen molar-refractivity contribution in [2.24, 2.45) is 0 Å². The number of benzene rings is 2. The Hall–Kier alpha value is -4.00. The van der Waals surface area contributed by atoms with Gasteiger partial charge in [0.1, 0.15) is 5.82 Å². The zero-order valence-corrected chi connectivity index (χ0v) is 21.9. The zero-order chi connectivity index (χ0) is 26.6. The van der Waals surface area contributed by atoms with Gasteiger partial charge in [0.25, 0.3) is 0 Å². The molecule has 2 aromatic carbocycles. The molecule has 0 aliphatic heterocycles. The highest BCUT2D eigenvalue weighted by Gasteiger charge is 2.15. The third-order valence-corrected chi connectivity index (χ3v) is 6.60. The number of halogens is 2. The van der Waals surface area contributed by atoms with E-state index in [0.29, 0.717) is 33.9 Å². The number of aromatic nitrogens is 3. The minimum Gasteiger partial charge on any atom is -0.309 e. The van der Waals surface area contributed by atoms with Crippen LogP contribution in [0, 0.1) is 5.82 Å². The molecular weight excluding hydrogens is 499 g/mol. The van der Waals surface area contributed by atoms with Gasteiger partial charge >= 0.3 is 0 Å². The first-order valence-corrected chi connectivity index (χ1v) is 12.7. The molecule has 0 radical (unpaired) electrons. The van der Waals surface area contributed by atoms with E-state index in [4.69, 9.17) is 11.6 Å². The molecule has 190 valence electrons. The van der Waals surface area contributed by atoms with Crippen LogP contribution in [0.3, 0.4) is 0 Å². The third-order valence-electron chi connectivity index (χ3n) is 6.36. The zero-order valence-electron chi connectivity index (χ0n) is 21.2. The number of fused-ring (bicyclic) bond motifs is 1. The summed E-state index contributed by atoms with van der Waals surface area (Å²) in [5.74, 6) is -0.292. The number of ketones is 1. The molecule has 0 aliphatic rings. The smallest absolute Gasteiger partial charge is 0.162 e. The molecule has 5 rings (SSSR count). The highest BCUT2D eigenvalue weighted by molar-refractivity contribution is 6.30. The van der Waals surface area contributed by atoms with Crippen molar-refractivity contribution < 1.29 is 9.18 Å². The molecule has 0 spiro atoms. The van der Waals surface area contributed by atoms with E-state index in [1.165, 1.54) is 12.1 Å². The molecule has 0 unspecified atom stereocenters.